The van der Waals surface area contributed by atoms with E-state index in [0.717, 1.165) is 29.3 Å². The first-order valence-corrected chi connectivity index (χ1v) is 7.48. The zero-order valence-corrected chi connectivity index (χ0v) is 11.9. The molecule has 2 bridgehead atoms. The van der Waals surface area contributed by atoms with Crippen molar-refractivity contribution in [3.63, 3.8) is 0 Å². The maximum absolute atomic E-state index is 4.24. The maximum atomic E-state index is 4.24. The highest BCUT2D eigenvalue weighted by molar-refractivity contribution is 7.10. The van der Waals surface area contributed by atoms with E-state index in [1.165, 1.54) is 43.9 Å². The van der Waals surface area contributed by atoms with Crippen molar-refractivity contribution >= 4 is 16.5 Å². The zero-order chi connectivity index (χ0) is 12.5. The molecule has 18 heavy (non-hydrogen) atoms. The largest absolute Gasteiger partial charge is 0.377 e. The summed E-state index contributed by atoms with van der Waals surface area (Å²) in [7, 11) is 4.23. The Morgan fingerprint density at radius 2 is 2.17 bits per heavy atom. The minimum absolute atomic E-state index is 0.738. The number of likely N-dealkylation sites (tertiary alicyclic amines) is 1. The summed E-state index contributed by atoms with van der Waals surface area (Å²) in [6.45, 7) is 3.30. The van der Waals surface area contributed by atoms with Crippen molar-refractivity contribution in [1.82, 2.24) is 19.4 Å². The Hall–Kier alpha value is -0.720. The maximum Gasteiger partial charge on any atom is 0.134 e. The molecule has 1 aromatic heterocycles. The van der Waals surface area contributed by atoms with Gasteiger partial charge in [0.15, 0.2) is 0 Å². The first-order valence-electron chi connectivity index (χ1n) is 6.71. The summed E-state index contributed by atoms with van der Waals surface area (Å²) in [5, 5.41) is 8.53. The third-order valence-electron chi connectivity index (χ3n) is 4.39. The van der Waals surface area contributed by atoms with Crippen molar-refractivity contribution in [2.24, 2.45) is 0 Å². The highest BCUT2D eigenvalue weighted by Gasteiger charge is 2.34. The Kier molecular flexibility index (Phi) is 3.50. The van der Waals surface area contributed by atoms with E-state index in [1.54, 1.807) is 0 Å². The highest BCUT2D eigenvalue weighted by atomic mass is 32.1. The molecule has 0 saturated carbocycles. The molecule has 1 aromatic rings. The van der Waals surface area contributed by atoms with Crippen LogP contribution in [0.5, 0.6) is 0 Å². The molecule has 0 aromatic carbocycles. The van der Waals surface area contributed by atoms with Gasteiger partial charge in [0, 0.05) is 50.3 Å². The van der Waals surface area contributed by atoms with Crippen molar-refractivity contribution in [1.29, 1.82) is 0 Å². The van der Waals surface area contributed by atoms with Gasteiger partial charge in [0.25, 0.3) is 0 Å². The molecular formula is C12H21N5S. The first kappa shape index (κ1) is 12.3. The molecule has 2 fully saturated rings. The van der Waals surface area contributed by atoms with Gasteiger partial charge in [-0.05, 0) is 26.3 Å². The lowest BCUT2D eigenvalue weighted by Crippen LogP contribution is -2.36. The summed E-state index contributed by atoms with van der Waals surface area (Å²) in [6, 6.07) is 1.54. The molecule has 100 valence electrons. The molecule has 1 N–H and O–H groups in total. The predicted molar refractivity (Wildman–Crippen MR) is 73.9 cm³/mol. The zero-order valence-electron chi connectivity index (χ0n) is 11.1. The van der Waals surface area contributed by atoms with Crippen molar-refractivity contribution in [2.45, 2.75) is 37.9 Å². The van der Waals surface area contributed by atoms with Gasteiger partial charge in [0.1, 0.15) is 10.7 Å². The van der Waals surface area contributed by atoms with Gasteiger partial charge in [-0.2, -0.15) is 0 Å². The number of hydrogen-bond donors (Lipinski definition) is 1. The molecule has 0 amide bonds. The molecule has 2 atom stereocenters. The molecule has 2 saturated heterocycles. The van der Waals surface area contributed by atoms with Gasteiger partial charge in [0.05, 0.1) is 0 Å². The Morgan fingerprint density at radius 3 is 3.00 bits per heavy atom. The monoisotopic (exact) mass is 267 g/mol. The molecule has 3 heterocycles. The van der Waals surface area contributed by atoms with E-state index in [-0.39, 0.29) is 0 Å². The number of nitrogens with one attached hydrogen (secondary N) is 1. The van der Waals surface area contributed by atoms with E-state index in [1.807, 2.05) is 7.05 Å². The molecule has 6 heteroatoms. The van der Waals surface area contributed by atoms with Gasteiger partial charge in [-0.25, -0.2) is 0 Å². The van der Waals surface area contributed by atoms with Gasteiger partial charge in [-0.15, -0.1) is 5.10 Å². The highest BCUT2D eigenvalue weighted by Crippen LogP contribution is 2.29. The predicted octanol–water partition coefficient (Wildman–Crippen LogP) is 1.25. The third kappa shape index (κ3) is 2.24. The molecule has 0 radical (unpaired) electrons. The molecule has 2 unspecified atom stereocenters. The second-order valence-electron chi connectivity index (χ2n) is 5.37. The fraction of sp³-hybridized carbons (Fsp3) is 0.833. The molecule has 2 aliphatic heterocycles. The average molecular weight is 267 g/mol. The number of rotatable bonds is 3. The van der Waals surface area contributed by atoms with E-state index < -0.39 is 0 Å². The molecule has 0 aliphatic carbocycles. The van der Waals surface area contributed by atoms with Crippen LogP contribution in [0.2, 0.25) is 0 Å². The van der Waals surface area contributed by atoms with Gasteiger partial charge < -0.3 is 5.32 Å². The van der Waals surface area contributed by atoms with Crippen LogP contribution in [0.25, 0.3) is 0 Å². The summed E-state index contributed by atoms with van der Waals surface area (Å²) < 4.78 is 4.04. The van der Waals surface area contributed by atoms with Crippen LogP contribution in [0.4, 0.5) is 5.00 Å². The minimum Gasteiger partial charge on any atom is -0.377 e. The fourth-order valence-corrected chi connectivity index (χ4v) is 3.76. The van der Waals surface area contributed by atoms with Crippen LogP contribution in [0.3, 0.4) is 0 Å². The van der Waals surface area contributed by atoms with Crippen LogP contribution < -0.4 is 5.32 Å². The van der Waals surface area contributed by atoms with Gasteiger partial charge in [0.2, 0.25) is 0 Å². The van der Waals surface area contributed by atoms with Crippen LogP contribution in [0.1, 0.15) is 25.0 Å². The van der Waals surface area contributed by atoms with E-state index in [9.17, 15) is 0 Å². The Labute approximate surface area is 112 Å². The lowest BCUT2D eigenvalue weighted by molar-refractivity contribution is 0.213. The number of aromatic nitrogens is 2. The number of likely N-dealkylation sites (N-methyl/N-ethyl adjacent to an activating group) is 1. The van der Waals surface area contributed by atoms with Gasteiger partial charge in [-0.1, -0.05) is 4.49 Å². The average Bonchev–Trinajstić information content (AvgIpc) is 2.88. The number of fused-ring (bicyclic) bond motifs is 2. The molecular weight excluding hydrogens is 246 g/mol. The fourth-order valence-electron chi connectivity index (χ4n) is 3.24. The third-order valence-corrected chi connectivity index (χ3v) is 5.17. The lowest BCUT2D eigenvalue weighted by Gasteiger charge is -2.25. The molecule has 0 spiro atoms. The Bertz CT molecular complexity index is 407. The molecule has 5 nitrogen and oxygen atoms in total. The van der Waals surface area contributed by atoms with Crippen molar-refractivity contribution in [3.05, 3.63) is 5.69 Å². The summed E-state index contributed by atoms with van der Waals surface area (Å²) in [5.74, 6) is 0. The first-order chi connectivity index (χ1) is 8.78. The van der Waals surface area contributed by atoms with E-state index in [2.05, 4.69) is 31.8 Å². The quantitative estimate of drug-likeness (QED) is 0.893. The number of anilines is 1. The number of hydrogen-bond acceptors (Lipinski definition) is 6. The summed E-state index contributed by atoms with van der Waals surface area (Å²) in [5.41, 5.74) is 1.10. The van der Waals surface area contributed by atoms with Crippen LogP contribution in [-0.2, 0) is 6.54 Å². The van der Waals surface area contributed by atoms with Gasteiger partial charge in [-0.3, -0.25) is 9.80 Å². The minimum atomic E-state index is 0.738. The smallest absolute Gasteiger partial charge is 0.134 e. The Balaban J connectivity index is 1.67. The van der Waals surface area contributed by atoms with E-state index in [4.69, 9.17) is 0 Å². The van der Waals surface area contributed by atoms with Crippen molar-refractivity contribution in [2.75, 3.05) is 32.5 Å². The summed E-state index contributed by atoms with van der Waals surface area (Å²) in [6.07, 6.45) is 4.03. The van der Waals surface area contributed by atoms with Gasteiger partial charge >= 0.3 is 0 Å². The standard InChI is InChI=1S/C12H21N5S/c1-13-12-11(14-15-18-12)8-17-6-5-9-3-4-10(7-17)16(9)2/h9-10,13H,3-8H2,1-2H3. The normalized spacial score (nSPS) is 29.4. The summed E-state index contributed by atoms with van der Waals surface area (Å²) >= 11 is 1.45. The van der Waals surface area contributed by atoms with Crippen molar-refractivity contribution in [3.8, 4) is 0 Å². The number of nitrogens with zero attached hydrogens (tertiary/aromatic N) is 4. The van der Waals surface area contributed by atoms with Crippen LogP contribution in [0, 0.1) is 0 Å². The summed E-state index contributed by atoms with van der Waals surface area (Å²) in [4.78, 5) is 5.12. The topological polar surface area (TPSA) is 44.3 Å². The Morgan fingerprint density at radius 1 is 1.33 bits per heavy atom. The van der Waals surface area contributed by atoms with Crippen LogP contribution >= 0.6 is 11.5 Å². The van der Waals surface area contributed by atoms with Crippen molar-refractivity contribution < 1.29 is 0 Å². The van der Waals surface area contributed by atoms with E-state index >= 15 is 0 Å². The van der Waals surface area contributed by atoms with Crippen LogP contribution in [0.15, 0.2) is 0 Å². The molecule has 2 aliphatic rings. The van der Waals surface area contributed by atoms with Crippen LogP contribution in [-0.4, -0.2) is 58.7 Å². The molecule has 3 rings (SSSR count). The second-order valence-corrected chi connectivity index (χ2v) is 6.13. The van der Waals surface area contributed by atoms with E-state index in [0.29, 0.717) is 0 Å². The second kappa shape index (κ2) is 5.11. The lowest BCUT2D eigenvalue weighted by atomic mass is 10.1. The SMILES string of the molecule is CNc1snnc1CN1CCC2CCC(C1)N2C.